The molecule has 1 aromatic carbocycles. The molecule has 0 radical (unpaired) electrons. The van der Waals surface area contributed by atoms with Crippen LogP contribution < -0.4 is 15.6 Å². The van der Waals surface area contributed by atoms with Crippen LogP contribution in [0.25, 0.3) is 11.0 Å². The maximum Gasteiger partial charge on any atom is 0.254 e. The summed E-state index contributed by atoms with van der Waals surface area (Å²) in [5.74, 6) is 0.304. The number of hydrogen-bond donors (Lipinski definition) is 2. The topological polar surface area (TPSA) is 102 Å². The Morgan fingerprint density at radius 2 is 2.04 bits per heavy atom. The molecule has 3 rings (SSSR count). The molecule has 8 nitrogen and oxygen atoms in total. The van der Waals surface area contributed by atoms with Gasteiger partial charge in [-0.1, -0.05) is 0 Å². The predicted octanol–water partition coefficient (Wildman–Crippen LogP) is 0.867. The van der Waals surface area contributed by atoms with Crippen molar-refractivity contribution in [2.75, 3.05) is 13.7 Å². The molecule has 24 heavy (non-hydrogen) atoms. The van der Waals surface area contributed by atoms with E-state index in [1.807, 2.05) is 6.92 Å². The molecule has 0 aliphatic rings. The number of hydrogen-bond acceptors (Lipinski definition) is 5. The molecule has 2 aromatic heterocycles. The van der Waals surface area contributed by atoms with E-state index in [-0.39, 0.29) is 11.5 Å². The first-order valence-corrected chi connectivity index (χ1v) is 7.42. The van der Waals surface area contributed by atoms with E-state index in [0.29, 0.717) is 35.4 Å². The van der Waals surface area contributed by atoms with E-state index in [1.54, 1.807) is 28.8 Å². The zero-order chi connectivity index (χ0) is 17.1. The third kappa shape index (κ3) is 3.12. The minimum Gasteiger partial charge on any atom is -0.496 e. The number of nitrogens with one attached hydrogen (secondary N) is 2. The van der Waals surface area contributed by atoms with Crippen LogP contribution in [0.4, 0.5) is 0 Å². The molecule has 0 saturated heterocycles. The monoisotopic (exact) mass is 327 g/mol. The molecule has 0 unspecified atom stereocenters. The lowest BCUT2D eigenvalue weighted by molar-refractivity contribution is 0.0952. The van der Waals surface area contributed by atoms with Gasteiger partial charge in [-0.2, -0.15) is 15.4 Å². The van der Waals surface area contributed by atoms with Crippen LogP contribution in [0, 0.1) is 6.92 Å². The molecule has 2 N–H and O–H groups in total. The van der Waals surface area contributed by atoms with Crippen molar-refractivity contribution in [2.24, 2.45) is 0 Å². The lowest BCUT2D eigenvalue weighted by Gasteiger charge is -2.12. The van der Waals surface area contributed by atoms with E-state index in [1.165, 1.54) is 13.2 Å². The summed E-state index contributed by atoms with van der Waals surface area (Å²) in [6, 6.07) is 8.28. The summed E-state index contributed by atoms with van der Waals surface area (Å²) in [4.78, 5) is 24.2. The number of H-pyrrole nitrogens is 1. The van der Waals surface area contributed by atoms with Gasteiger partial charge < -0.3 is 14.6 Å². The molecule has 0 aliphatic carbocycles. The van der Waals surface area contributed by atoms with Gasteiger partial charge in [0.1, 0.15) is 16.8 Å². The Kier molecular flexibility index (Phi) is 4.28. The molecule has 3 aromatic rings. The quantitative estimate of drug-likeness (QED) is 0.724. The second kappa shape index (κ2) is 6.53. The second-order valence-electron chi connectivity index (χ2n) is 5.31. The first-order chi connectivity index (χ1) is 11.6. The Morgan fingerprint density at radius 1 is 1.25 bits per heavy atom. The average Bonchev–Trinajstić information content (AvgIpc) is 3.04. The van der Waals surface area contributed by atoms with Crippen molar-refractivity contribution in [3.63, 3.8) is 0 Å². The van der Waals surface area contributed by atoms with Gasteiger partial charge in [0.05, 0.1) is 7.11 Å². The fourth-order valence-electron chi connectivity index (χ4n) is 2.47. The van der Waals surface area contributed by atoms with Crippen LogP contribution in [0.2, 0.25) is 0 Å². The number of benzene rings is 1. The Labute approximate surface area is 137 Å². The van der Waals surface area contributed by atoms with Gasteiger partial charge >= 0.3 is 0 Å². The largest absolute Gasteiger partial charge is 0.496 e. The fourth-order valence-corrected chi connectivity index (χ4v) is 2.47. The first-order valence-electron chi connectivity index (χ1n) is 7.42. The van der Waals surface area contributed by atoms with E-state index < -0.39 is 0 Å². The average molecular weight is 327 g/mol. The van der Waals surface area contributed by atoms with Gasteiger partial charge in [0.2, 0.25) is 0 Å². The highest BCUT2D eigenvalue weighted by molar-refractivity contribution is 5.97. The van der Waals surface area contributed by atoms with Crippen molar-refractivity contribution < 1.29 is 9.53 Å². The number of ether oxygens (including phenoxy) is 1. The van der Waals surface area contributed by atoms with Crippen molar-refractivity contribution in [3.05, 3.63) is 51.9 Å². The van der Waals surface area contributed by atoms with Crippen LogP contribution >= 0.6 is 0 Å². The SMILES string of the molecule is COc1cc(C)n(CCNC(=O)c2ccc3n[nH]nc3c2)c(=O)c1. The number of methoxy groups -OCH3 is 1. The molecule has 0 aliphatic heterocycles. The number of rotatable bonds is 5. The molecule has 0 atom stereocenters. The highest BCUT2D eigenvalue weighted by Gasteiger charge is 2.09. The standard InChI is InChI=1S/C16H17N5O3/c1-10-7-12(24-2)9-15(22)21(10)6-5-17-16(23)11-3-4-13-14(8-11)19-20-18-13/h3-4,7-9H,5-6H2,1-2H3,(H,17,23)(H,18,19,20). The lowest BCUT2D eigenvalue weighted by Crippen LogP contribution is -2.31. The zero-order valence-electron chi connectivity index (χ0n) is 13.4. The number of aromatic amines is 1. The van der Waals surface area contributed by atoms with Gasteiger partial charge in [0.25, 0.3) is 11.5 Å². The van der Waals surface area contributed by atoms with Gasteiger partial charge in [-0.15, -0.1) is 0 Å². The summed E-state index contributed by atoms with van der Waals surface area (Å²) >= 11 is 0. The third-order valence-electron chi connectivity index (χ3n) is 3.74. The molecule has 2 heterocycles. The summed E-state index contributed by atoms with van der Waals surface area (Å²) in [7, 11) is 1.52. The van der Waals surface area contributed by atoms with Crippen LogP contribution in [-0.2, 0) is 6.54 Å². The van der Waals surface area contributed by atoms with E-state index >= 15 is 0 Å². The number of nitrogens with zero attached hydrogens (tertiary/aromatic N) is 3. The van der Waals surface area contributed by atoms with Gasteiger partial charge in [0, 0.05) is 30.4 Å². The molecule has 8 heteroatoms. The van der Waals surface area contributed by atoms with E-state index in [4.69, 9.17) is 4.74 Å². The highest BCUT2D eigenvalue weighted by Crippen LogP contribution is 2.11. The molecule has 0 spiro atoms. The minimum atomic E-state index is -0.223. The molecule has 124 valence electrons. The number of pyridine rings is 1. The van der Waals surface area contributed by atoms with Crippen LogP contribution in [0.5, 0.6) is 5.75 Å². The number of aryl methyl sites for hydroxylation is 1. The summed E-state index contributed by atoms with van der Waals surface area (Å²) in [5, 5.41) is 13.2. The van der Waals surface area contributed by atoms with Gasteiger partial charge in [-0.05, 0) is 31.2 Å². The normalized spacial score (nSPS) is 10.8. The van der Waals surface area contributed by atoms with Crippen molar-refractivity contribution in [1.29, 1.82) is 0 Å². The van der Waals surface area contributed by atoms with Gasteiger partial charge in [-0.25, -0.2) is 0 Å². The molecule has 1 amide bonds. The molecule has 0 bridgehead atoms. The summed E-state index contributed by atoms with van der Waals surface area (Å²) in [6.07, 6.45) is 0. The van der Waals surface area contributed by atoms with Crippen LogP contribution in [-0.4, -0.2) is 39.5 Å². The van der Waals surface area contributed by atoms with Crippen molar-refractivity contribution in [1.82, 2.24) is 25.3 Å². The maximum absolute atomic E-state index is 12.2. The van der Waals surface area contributed by atoms with E-state index in [9.17, 15) is 9.59 Å². The number of carbonyl (C=O) groups excluding carboxylic acids is 1. The van der Waals surface area contributed by atoms with Crippen LogP contribution in [0.15, 0.2) is 35.1 Å². The van der Waals surface area contributed by atoms with E-state index in [0.717, 1.165) is 5.69 Å². The zero-order valence-corrected chi connectivity index (χ0v) is 13.4. The van der Waals surface area contributed by atoms with E-state index in [2.05, 4.69) is 20.7 Å². The Morgan fingerprint density at radius 3 is 2.79 bits per heavy atom. The van der Waals surface area contributed by atoms with Crippen LogP contribution in [0.1, 0.15) is 16.1 Å². The summed E-state index contributed by atoms with van der Waals surface area (Å²) < 4.78 is 6.65. The first kappa shape index (κ1) is 15.7. The Hall–Kier alpha value is -3.16. The highest BCUT2D eigenvalue weighted by atomic mass is 16.5. The third-order valence-corrected chi connectivity index (χ3v) is 3.74. The van der Waals surface area contributed by atoms with Crippen molar-refractivity contribution in [3.8, 4) is 5.75 Å². The second-order valence-corrected chi connectivity index (χ2v) is 5.31. The van der Waals surface area contributed by atoms with Crippen LogP contribution in [0.3, 0.4) is 0 Å². The molecule has 0 fully saturated rings. The van der Waals surface area contributed by atoms with Crippen molar-refractivity contribution >= 4 is 16.9 Å². The molecule has 0 saturated carbocycles. The smallest absolute Gasteiger partial charge is 0.254 e. The van der Waals surface area contributed by atoms with Gasteiger partial charge in [0.15, 0.2) is 0 Å². The predicted molar refractivity (Wildman–Crippen MR) is 88.2 cm³/mol. The lowest BCUT2D eigenvalue weighted by atomic mass is 10.2. The Bertz CT molecular complexity index is 944. The number of aromatic nitrogens is 4. The summed E-state index contributed by atoms with van der Waals surface area (Å²) in [6.45, 7) is 2.54. The number of fused-ring (bicyclic) bond motifs is 1. The van der Waals surface area contributed by atoms with Crippen molar-refractivity contribution in [2.45, 2.75) is 13.5 Å². The fraction of sp³-hybridized carbons (Fsp3) is 0.250. The summed E-state index contributed by atoms with van der Waals surface area (Å²) in [5.41, 5.74) is 2.44. The Balaban J connectivity index is 1.66. The number of carbonyl (C=O) groups is 1. The molecular weight excluding hydrogens is 310 g/mol. The maximum atomic E-state index is 12.2. The number of amides is 1. The minimum absolute atomic E-state index is 0.162. The molecular formula is C16H17N5O3. The van der Waals surface area contributed by atoms with Gasteiger partial charge in [-0.3, -0.25) is 9.59 Å².